The number of nitrogens with zero attached hydrogens (tertiary/aromatic N) is 5. The van der Waals surface area contributed by atoms with Gasteiger partial charge in [-0.1, -0.05) is 6.07 Å². The second-order valence-electron chi connectivity index (χ2n) is 7.99. The Morgan fingerprint density at radius 2 is 1.88 bits per heavy atom. The fraction of sp³-hybridized carbons (Fsp3) is 0.273. The van der Waals surface area contributed by atoms with E-state index in [2.05, 4.69) is 20.4 Å². The van der Waals surface area contributed by atoms with Gasteiger partial charge in [0.15, 0.2) is 17.2 Å². The molecule has 0 spiro atoms. The lowest BCUT2D eigenvalue weighted by atomic mass is 10.1. The lowest BCUT2D eigenvalue weighted by Crippen LogP contribution is -2.46. The molecule has 176 valence electrons. The van der Waals surface area contributed by atoms with Crippen molar-refractivity contribution in [1.82, 2.24) is 29.8 Å². The summed E-state index contributed by atoms with van der Waals surface area (Å²) in [7, 11) is 1.45. The van der Waals surface area contributed by atoms with E-state index in [9.17, 15) is 18.4 Å². The van der Waals surface area contributed by atoms with Crippen LogP contribution in [0.25, 0.3) is 16.6 Å². The maximum atomic E-state index is 15.2. The number of carbonyl (C=O) groups excluding carboxylic acids is 1. The Labute approximate surface area is 190 Å². The molecule has 9 nitrogen and oxygen atoms in total. The molecule has 4 aromatic rings. The van der Waals surface area contributed by atoms with Gasteiger partial charge in [-0.25, -0.2) is 18.3 Å². The monoisotopic (exact) mass is 471 g/mol. The highest BCUT2D eigenvalue weighted by atomic mass is 19.1. The summed E-state index contributed by atoms with van der Waals surface area (Å²) in [6, 6.07) is 6.18. The van der Waals surface area contributed by atoms with E-state index in [4.69, 9.17) is 0 Å². The topological polar surface area (TPSA) is 98.6 Å². The maximum absolute atomic E-state index is 15.2. The SMILES string of the molecule is CNC(=O)c1ccc(N2CCN(Cc3ccc4c([nH]c(=O)c5c(F)cnn54)c3F)CC2)c(F)n1. The fourth-order valence-electron chi connectivity index (χ4n) is 4.22. The molecule has 0 radical (unpaired) electrons. The van der Waals surface area contributed by atoms with Crippen molar-refractivity contribution in [1.29, 1.82) is 0 Å². The molecule has 0 aliphatic carbocycles. The number of hydrogen-bond donors (Lipinski definition) is 2. The number of anilines is 1. The number of pyridine rings is 1. The van der Waals surface area contributed by atoms with Gasteiger partial charge in [-0.3, -0.25) is 14.5 Å². The van der Waals surface area contributed by atoms with Crippen molar-refractivity contribution >= 4 is 28.1 Å². The molecule has 0 unspecified atom stereocenters. The summed E-state index contributed by atoms with van der Waals surface area (Å²) in [6.07, 6.45) is 0.916. The largest absolute Gasteiger partial charge is 0.365 e. The fourth-order valence-corrected chi connectivity index (χ4v) is 4.22. The van der Waals surface area contributed by atoms with E-state index in [-0.39, 0.29) is 28.8 Å². The third kappa shape index (κ3) is 3.65. The van der Waals surface area contributed by atoms with Crippen LogP contribution < -0.4 is 15.8 Å². The van der Waals surface area contributed by atoms with Gasteiger partial charge in [-0.2, -0.15) is 9.49 Å². The van der Waals surface area contributed by atoms with Crippen LogP contribution in [0.2, 0.25) is 0 Å². The zero-order valence-corrected chi connectivity index (χ0v) is 18.1. The van der Waals surface area contributed by atoms with E-state index in [0.717, 1.165) is 10.7 Å². The predicted octanol–water partition coefficient (Wildman–Crippen LogP) is 1.67. The summed E-state index contributed by atoms with van der Waals surface area (Å²) in [5, 5.41) is 6.24. The van der Waals surface area contributed by atoms with Crippen LogP contribution >= 0.6 is 0 Å². The average Bonchev–Trinajstić information content (AvgIpc) is 3.23. The third-order valence-electron chi connectivity index (χ3n) is 6.00. The van der Waals surface area contributed by atoms with Gasteiger partial charge in [0.25, 0.3) is 11.5 Å². The Hall–Kier alpha value is -3.93. The summed E-state index contributed by atoms with van der Waals surface area (Å²) in [6.45, 7) is 2.32. The van der Waals surface area contributed by atoms with Gasteiger partial charge in [0.1, 0.15) is 11.2 Å². The number of aromatic amines is 1. The number of aromatic nitrogens is 4. The molecule has 34 heavy (non-hydrogen) atoms. The van der Waals surface area contributed by atoms with Crippen LogP contribution in [0.5, 0.6) is 0 Å². The Balaban J connectivity index is 1.32. The minimum atomic E-state index is -0.777. The summed E-state index contributed by atoms with van der Waals surface area (Å²) in [4.78, 5) is 33.8. The molecule has 1 aliphatic heterocycles. The first kappa shape index (κ1) is 21.9. The lowest BCUT2D eigenvalue weighted by Gasteiger charge is -2.36. The summed E-state index contributed by atoms with van der Waals surface area (Å²) in [5.41, 5.74) is -0.133. The van der Waals surface area contributed by atoms with Gasteiger partial charge in [0.2, 0.25) is 5.95 Å². The van der Waals surface area contributed by atoms with E-state index in [1.165, 1.54) is 19.2 Å². The number of halogens is 3. The smallest absolute Gasteiger partial charge is 0.277 e. The zero-order chi connectivity index (χ0) is 24.0. The number of rotatable bonds is 4. The molecule has 0 saturated carbocycles. The number of fused-ring (bicyclic) bond motifs is 3. The van der Waals surface area contributed by atoms with Crippen molar-refractivity contribution in [3.05, 3.63) is 69.7 Å². The molecule has 3 aromatic heterocycles. The number of H-pyrrole nitrogens is 1. The molecule has 1 aliphatic rings. The van der Waals surface area contributed by atoms with Crippen molar-refractivity contribution in [2.45, 2.75) is 6.54 Å². The Bertz CT molecular complexity index is 1480. The van der Waals surface area contributed by atoms with Gasteiger partial charge in [-0.05, 0) is 18.2 Å². The first-order chi connectivity index (χ1) is 16.4. The van der Waals surface area contributed by atoms with Crippen molar-refractivity contribution in [2.75, 3.05) is 38.1 Å². The zero-order valence-electron chi connectivity index (χ0n) is 18.1. The van der Waals surface area contributed by atoms with E-state index < -0.39 is 29.0 Å². The number of amides is 1. The average molecular weight is 471 g/mol. The highest BCUT2D eigenvalue weighted by molar-refractivity contribution is 5.92. The standard InChI is InChI=1S/C22H20F3N7O2/c1-26-21(33)14-3-5-16(20(25)28-14)31-8-6-30(7-9-31)11-12-2-4-15-18(17(12)24)29-22(34)19-13(23)10-27-32(15)19/h2-5,10H,6-9,11H2,1H3,(H,26,33)(H,29,34). The second kappa shape index (κ2) is 8.45. The summed E-state index contributed by atoms with van der Waals surface area (Å²) >= 11 is 0. The van der Waals surface area contributed by atoms with Crippen molar-refractivity contribution < 1.29 is 18.0 Å². The van der Waals surface area contributed by atoms with Crippen LogP contribution in [0.1, 0.15) is 16.1 Å². The first-order valence-electron chi connectivity index (χ1n) is 10.6. The van der Waals surface area contributed by atoms with Crippen LogP contribution in [-0.4, -0.2) is 63.6 Å². The van der Waals surface area contributed by atoms with Gasteiger partial charge in [-0.15, -0.1) is 0 Å². The molecule has 12 heteroatoms. The number of nitrogens with one attached hydrogen (secondary N) is 2. The Kier molecular flexibility index (Phi) is 5.44. The highest BCUT2D eigenvalue weighted by Crippen LogP contribution is 2.23. The van der Waals surface area contributed by atoms with Crippen LogP contribution in [0.15, 0.2) is 35.3 Å². The number of carbonyl (C=O) groups is 1. The van der Waals surface area contributed by atoms with Crippen LogP contribution in [0.3, 0.4) is 0 Å². The number of benzene rings is 1. The van der Waals surface area contributed by atoms with Crippen molar-refractivity contribution in [3.63, 3.8) is 0 Å². The minimum absolute atomic E-state index is 0.00216. The number of piperazine rings is 1. The Morgan fingerprint density at radius 3 is 2.59 bits per heavy atom. The highest BCUT2D eigenvalue weighted by Gasteiger charge is 2.23. The molecule has 4 heterocycles. The van der Waals surface area contributed by atoms with Gasteiger partial charge in [0, 0.05) is 45.3 Å². The molecular formula is C22H20F3N7O2. The van der Waals surface area contributed by atoms with Gasteiger partial charge in [0.05, 0.1) is 17.4 Å². The molecule has 1 amide bonds. The lowest BCUT2D eigenvalue weighted by molar-refractivity contribution is 0.0957. The van der Waals surface area contributed by atoms with E-state index in [1.54, 1.807) is 12.1 Å². The molecule has 2 N–H and O–H groups in total. The van der Waals surface area contributed by atoms with Crippen molar-refractivity contribution in [2.24, 2.45) is 0 Å². The Morgan fingerprint density at radius 1 is 1.12 bits per heavy atom. The van der Waals surface area contributed by atoms with Crippen LogP contribution in [-0.2, 0) is 6.54 Å². The van der Waals surface area contributed by atoms with Gasteiger partial charge >= 0.3 is 0 Å². The minimum Gasteiger partial charge on any atom is -0.365 e. The molecule has 0 atom stereocenters. The third-order valence-corrected chi connectivity index (χ3v) is 6.00. The molecule has 1 aromatic carbocycles. The van der Waals surface area contributed by atoms with Crippen molar-refractivity contribution in [3.8, 4) is 0 Å². The molecular weight excluding hydrogens is 451 g/mol. The van der Waals surface area contributed by atoms with Crippen LogP contribution in [0, 0.1) is 17.6 Å². The maximum Gasteiger partial charge on any atom is 0.277 e. The predicted molar refractivity (Wildman–Crippen MR) is 118 cm³/mol. The molecule has 1 fully saturated rings. The number of hydrogen-bond acceptors (Lipinski definition) is 6. The molecule has 1 saturated heterocycles. The molecule has 5 rings (SSSR count). The quantitative estimate of drug-likeness (QED) is 0.440. The second-order valence-corrected chi connectivity index (χ2v) is 7.99. The normalized spacial score (nSPS) is 14.8. The van der Waals surface area contributed by atoms with E-state index in [0.29, 0.717) is 37.4 Å². The van der Waals surface area contributed by atoms with E-state index >= 15 is 4.39 Å². The first-order valence-corrected chi connectivity index (χ1v) is 10.6. The molecule has 0 bridgehead atoms. The summed E-state index contributed by atoms with van der Waals surface area (Å²) in [5.74, 6) is -2.57. The summed E-state index contributed by atoms with van der Waals surface area (Å²) < 4.78 is 44.6. The van der Waals surface area contributed by atoms with Crippen LogP contribution in [0.4, 0.5) is 18.9 Å². The van der Waals surface area contributed by atoms with E-state index in [1.807, 2.05) is 9.80 Å². The van der Waals surface area contributed by atoms with Gasteiger partial charge < -0.3 is 15.2 Å².